The number of oxazole rings is 1. The first-order valence-corrected chi connectivity index (χ1v) is 6.87. The van der Waals surface area contributed by atoms with Gasteiger partial charge in [0, 0.05) is 6.04 Å². The molecule has 4 nitrogen and oxygen atoms in total. The number of aromatic nitrogens is 1. The van der Waals surface area contributed by atoms with Gasteiger partial charge < -0.3 is 14.5 Å². The van der Waals surface area contributed by atoms with Crippen molar-refractivity contribution in [1.29, 1.82) is 0 Å². The van der Waals surface area contributed by atoms with Crippen molar-refractivity contribution in [2.75, 3.05) is 7.11 Å². The van der Waals surface area contributed by atoms with Gasteiger partial charge in [0.15, 0.2) is 0 Å². The lowest BCUT2D eigenvalue weighted by molar-refractivity contribution is 0.414. The van der Waals surface area contributed by atoms with Crippen LogP contribution in [0.2, 0.25) is 0 Å². The smallest absolute Gasteiger partial charge is 0.208 e. The molecule has 0 saturated carbocycles. The van der Waals surface area contributed by atoms with Gasteiger partial charge in [0.1, 0.15) is 11.5 Å². The van der Waals surface area contributed by atoms with Crippen molar-refractivity contribution in [1.82, 2.24) is 10.3 Å². The Morgan fingerprint density at radius 2 is 1.95 bits per heavy atom. The summed E-state index contributed by atoms with van der Waals surface area (Å²) in [6.07, 6.45) is 0.961. The molecule has 0 spiro atoms. The van der Waals surface area contributed by atoms with Gasteiger partial charge in [-0.25, -0.2) is 4.98 Å². The zero-order valence-corrected chi connectivity index (χ0v) is 12.6. The Labute approximate surface area is 120 Å². The molecule has 1 unspecified atom stereocenters. The Hall–Kier alpha value is -1.81. The van der Waals surface area contributed by atoms with Crippen LogP contribution in [0.15, 0.2) is 28.7 Å². The van der Waals surface area contributed by atoms with Crippen LogP contribution in [0.25, 0.3) is 0 Å². The van der Waals surface area contributed by atoms with Crippen molar-refractivity contribution >= 4 is 0 Å². The molecule has 0 amide bonds. The first-order chi connectivity index (χ1) is 9.58. The summed E-state index contributed by atoms with van der Waals surface area (Å²) in [5.41, 5.74) is 2.25. The average Bonchev–Trinajstić information content (AvgIpc) is 2.76. The zero-order chi connectivity index (χ0) is 14.5. The molecule has 1 N–H and O–H groups in total. The molecule has 108 valence electrons. The monoisotopic (exact) mass is 274 g/mol. The minimum absolute atomic E-state index is 0.357. The maximum Gasteiger partial charge on any atom is 0.208 e. The number of benzene rings is 1. The standard InChI is InChI=1S/C16H22N2O2/c1-11(9-14-5-7-15(19-4)8-6-14)17-10-16-18-12(2)13(3)20-16/h5-8,11,17H,9-10H2,1-4H3. The van der Waals surface area contributed by atoms with Crippen LogP contribution in [0.3, 0.4) is 0 Å². The van der Waals surface area contributed by atoms with Crippen LogP contribution in [0.4, 0.5) is 0 Å². The molecule has 0 saturated heterocycles. The minimum Gasteiger partial charge on any atom is -0.497 e. The molecular weight excluding hydrogens is 252 g/mol. The maximum atomic E-state index is 5.56. The first-order valence-electron chi connectivity index (χ1n) is 6.87. The average molecular weight is 274 g/mol. The molecule has 1 heterocycles. The molecule has 0 aliphatic heterocycles. The maximum absolute atomic E-state index is 5.56. The highest BCUT2D eigenvalue weighted by Crippen LogP contribution is 2.13. The third kappa shape index (κ3) is 3.84. The molecule has 4 heteroatoms. The topological polar surface area (TPSA) is 47.3 Å². The zero-order valence-electron chi connectivity index (χ0n) is 12.6. The molecule has 1 atom stereocenters. The molecule has 0 bridgehead atoms. The van der Waals surface area contributed by atoms with Gasteiger partial charge in [-0.3, -0.25) is 0 Å². The van der Waals surface area contributed by atoms with Crippen LogP contribution in [0.5, 0.6) is 5.75 Å². The summed E-state index contributed by atoms with van der Waals surface area (Å²) >= 11 is 0. The minimum atomic E-state index is 0.357. The Morgan fingerprint density at radius 1 is 1.25 bits per heavy atom. The van der Waals surface area contributed by atoms with E-state index in [0.717, 1.165) is 29.5 Å². The SMILES string of the molecule is COc1ccc(CC(C)NCc2nc(C)c(C)o2)cc1. The second-order valence-electron chi connectivity index (χ2n) is 5.08. The third-order valence-corrected chi connectivity index (χ3v) is 3.38. The van der Waals surface area contributed by atoms with Crippen LogP contribution in [0.1, 0.15) is 29.8 Å². The lowest BCUT2D eigenvalue weighted by Crippen LogP contribution is -2.27. The van der Waals surface area contributed by atoms with E-state index in [0.29, 0.717) is 12.6 Å². The highest BCUT2D eigenvalue weighted by molar-refractivity contribution is 5.27. The molecule has 0 radical (unpaired) electrons. The summed E-state index contributed by atoms with van der Waals surface area (Å²) in [6.45, 7) is 6.72. The summed E-state index contributed by atoms with van der Waals surface area (Å²) < 4.78 is 10.7. The fourth-order valence-corrected chi connectivity index (χ4v) is 2.06. The number of hydrogen-bond donors (Lipinski definition) is 1. The Morgan fingerprint density at radius 3 is 2.50 bits per heavy atom. The van der Waals surface area contributed by atoms with Crippen LogP contribution in [-0.4, -0.2) is 18.1 Å². The summed E-state index contributed by atoms with van der Waals surface area (Å²) in [4.78, 5) is 4.37. The highest BCUT2D eigenvalue weighted by atomic mass is 16.5. The summed E-state index contributed by atoms with van der Waals surface area (Å²) in [7, 11) is 1.68. The number of nitrogens with one attached hydrogen (secondary N) is 1. The van der Waals surface area contributed by atoms with Crippen molar-refractivity contribution < 1.29 is 9.15 Å². The molecule has 2 aromatic rings. The quantitative estimate of drug-likeness (QED) is 0.879. The second kappa shape index (κ2) is 6.57. The normalized spacial score (nSPS) is 12.4. The molecule has 2 rings (SSSR count). The Kier molecular flexibility index (Phi) is 4.79. The van der Waals surface area contributed by atoms with E-state index < -0.39 is 0 Å². The van der Waals surface area contributed by atoms with E-state index in [1.807, 2.05) is 26.0 Å². The number of ether oxygens (including phenoxy) is 1. The fraction of sp³-hybridized carbons (Fsp3) is 0.438. The first kappa shape index (κ1) is 14.6. The molecular formula is C16H22N2O2. The van der Waals surface area contributed by atoms with E-state index in [4.69, 9.17) is 9.15 Å². The number of methoxy groups -OCH3 is 1. The molecule has 0 aliphatic carbocycles. The van der Waals surface area contributed by atoms with Gasteiger partial charge in [-0.05, 0) is 44.9 Å². The van der Waals surface area contributed by atoms with E-state index in [9.17, 15) is 0 Å². The molecule has 1 aromatic heterocycles. The van der Waals surface area contributed by atoms with Crippen molar-refractivity contribution in [3.05, 3.63) is 47.2 Å². The lowest BCUT2D eigenvalue weighted by atomic mass is 10.1. The van der Waals surface area contributed by atoms with Crippen molar-refractivity contribution in [2.24, 2.45) is 0 Å². The van der Waals surface area contributed by atoms with Gasteiger partial charge in [-0.1, -0.05) is 12.1 Å². The van der Waals surface area contributed by atoms with Crippen LogP contribution in [0, 0.1) is 13.8 Å². The molecule has 1 aromatic carbocycles. The molecule has 0 aliphatic rings. The Balaban J connectivity index is 1.83. The lowest BCUT2D eigenvalue weighted by Gasteiger charge is -2.12. The van der Waals surface area contributed by atoms with Crippen LogP contribution in [-0.2, 0) is 13.0 Å². The number of rotatable bonds is 6. The number of aryl methyl sites for hydroxylation is 2. The summed E-state index contributed by atoms with van der Waals surface area (Å²) in [5.74, 6) is 2.53. The van der Waals surface area contributed by atoms with Crippen LogP contribution < -0.4 is 10.1 Å². The van der Waals surface area contributed by atoms with E-state index in [-0.39, 0.29) is 0 Å². The van der Waals surface area contributed by atoms with Crippen molar-refractivity contribution in [3.8, 4) is 5.75 Å². The van der Waals surface area contributed by atoms with Crippen molar-refractivity contribution in [2.45, 2.75) is 39.8 Å². The largest absolute Gasteiger partial charge is 0.497 e. The molecule has 20 heavy (non-hydrogen) atoms. The van der Waals surface area contributed by atoms with E-state index >= 15 is 0 Å². The van der Waals surface area contributed by atoms with Gasteiger partial charge >= 0.3 is 0 Å². The van der Waals surface area contributed by atoms with Gasteiger partial charge in [0.25, 0.3) is 0 Å². The predicted octanol–water partition coefficient (Wildman–Crippen LogP) is 3.02. The Bertz CT molecular complexity index is 527. The highest BCUT2D eigenvalue weighted by Gasteiger charge is 2.08. The van der Waals surface area contributed by atoms with Gasteiger partial charge in [0.2, 0.25) is 5.89 Å². The van der Waals surface area contributed by atoms with E-state index in [1.54, 1.807) is 7.11 Å². The fourth-order valence-electron chi connectivity index (χ4n) is 2.06. The third-order valence-electron chi connectivity index (χ3n) is 3.38. The number of hydrogen-bond acceptors (Lipinski definition) is 4. The second-order valence-corrected chi connectivity index (χ2v) is 5.08. The predicted molar refractivity (Wildman–Crippen MR) is 79.0 cm³/mol. The van der Waals surface area contributed by atoms with E-state index in [1.165, 1.54) is 5.56 Å². The van der Waals surface area contributed by atoms with Crippen LogP contribution >= 0.6 is 0 Å². The van der Waals surface area contributed by atoms with E-state index in [2.05, 4.69) is 29.4 Å². The van der Waals surface area contributed by atoms with Gasteiger partial charge in [-0.2, -0.15) is 0 Å². The van der Waals surface area contributed by atoms with Gasteiger partial charge in [0.05, 0.1) is 19.3 Å². The molecule has 0 fully saturated rings. The summed E-state index contributed by atoms with van der Waals surface area (Å²) in [6, 6.07) is 8.52. The summed E-state index contributed by atoms with van der Waals surface area (Å²) in [5, 5.41) is 3.43. The van der Waals surface area contributed by atoms with Crippen molar-refractivity contribution in [3.63, 3.8) is 0 Å². The number of nitrogens with zero attached hydrogens (tertiary/aromatic N) is 1. The van der Waals surface area contributed by atoms with Gasteiger partial charge in [-0.15, -0.1) is 0 Å².